The van der Waals surface area contributed by atoms with E-state index in [1.54, 1.807) is 0 Å². The molecule has 0 bridgehead atoms. The molecule has 0 spiro atoms. The summed E-state index contributed by atoms with van der Waals surface area (Å²) < 4.78 is 5.24. The van der Waals surface area contributed by atoms with Gasteiger partial charge in [0.05, 0.1) is 12.2 Å². The lowest BCUT2D eigenvalue weighted by molar-refractivity contribution is -0.122. The third kappa shape index (κ3) is 4.31. The molecule has 2 fully saturated rings. The van der Waals surface area contributed by atoms with Gasteiger partial charge in [-0.2, -0.15) is 16.7 Å². The molecule has 0 saturated heterocycles. The van der Waals surface area contributed by atoms with Crippen molar-refractivity contribution in [1.29, 1.82) is 0 Å². The van der Waals surface area contributed by atoms with Crippen LogP contribution in [-0.4, -0.2) is 21.2 Å². The Morgan fingerprint density at radius 2 is 1.81 bits per heavy atom. The fourth-order valence-corrected chi connectivity index (χ4v) is 4.55. The van der Waals surface area contributed by atoms with Crippen LogP contribution in [0.5, 0.6) is 0 Å². The Hall–Kier alpha value is -0.840. The van der Waals surface area contributed by atoms with Crippen molar-refractivity contribution >= 4 is 17.5 Å². The molecule has 1 aromatic heterocycles. The van der Waals surface area contributed by atoms with Crippen molar-refractivity contribution < 1.29 is 9.32 Å². The predicted octanol–water partition coefficient (Wildman–Crippen LogP) is 3.94. The quantitative estimate of drug-likeness (QED) is 0.796. The van der Waals surface area contributed by atoms with E-state index in [1.165, 1.54) is 44.9 Å². The highest BCUT2D eigenvalue weighted by Gasteiger charge is 2.24. The molecule has 0 aliphatic heterocycles. The summed E-state index contributed by atoms with van der Waals surface area (Å²) in [6, 6.07) is 0. The van der Waals surface area contributed by atoms with E-state index >= 15 is 0 Å². The second-order valence-corrected chi connectivity index (χ2v) is 7.59. The Kier molecular flexibility index (Phi) is 5.33. The van der Waals surface area contributed by atoms with Crippen molar-refractivity contribution in [3.63, 3.8) is 0 Å². The lowest BCUT2D eigenvalue weighted by atomic mass is 10.0. The standard InChI is InChI=1S/C16H24N2O2S/c19-14(12-6-4-5-7-12)10-16-17-15(18-20-16)11-21-13-8-2-1-3-9-13/h12-13H,1-11H2. The summed E-state index contributed by atoms with van der Waals surface area (Å²) in [5.74, 6) is 2.58. The van der Waals surface area contributed by atoms with Gasteiger partial charge in [0, 0.05) is 11.2 Å². The van der Waals surface area contributed by atoms with E-state index in [-0.39, 0.29) is 11.7 Å². The molecule has 1 heterocycles. The van der Waals surface area contributed by atoms with Crippen LogP contribution in [0.2, 0.25) is 0 Å². The largest absolute Gasteiger partial charge is 0.339 e. The first kappa shape index (κ1) is 15.1. The molecule has 0 amide bonds. The normalized spacial score (nSPS) is 21.0. The molecule has 0 atom stereocenters. The molecule has 0 unspecified atom stereocenters. The maximum atomic E-state index is 12.1. The Bertz CT molecular complexity index is 463. The minimum Gasteiger partial charge on any atom is -0.339 e. The first-order valence-corrected chi connectivity index (χ1v) is 9.32. The van der Waals surface area contributed by atoms with Crippen molar-refractivity contribution in [2.75, 3.05) is 0 Å². The molecule has 3 rings (SSSR count). The third-order valence-corrected chi connectivity index (χ3v) is 6.01. The van der Waals surface area contributed by atoms with Gasteiger partial charge in [-0.05, 0) is 25.7 Å². The molecule has 116 valence electrons. The van der Waals surface area contributed by atoms with E-state index in [0.717, 1.165) is 29.7 Å². The van der Waals surface area contributed by atoms with Crippen LogP contribution < -0.4 is 0 Å². The van der Waals surface area contributed by atoms with Crippen LogP contribution in [0, 0.1) is 5.92 Å². The molecule has 2 aliphatic carbocycles. The SMILES string of the molecule is O=C(Cc1nc(CSC2CCCCC2)no1)C1CCCC1. The number of nitrogens with zero attached hydrogens (tertiary/aromatic N) is 2. The van der Waals surface area contributed by atoms with E-state index in [2.05, 4.69) is 10.1 Å². The Morgan fingerprint density at radius 3 is 2.57 bits per heavy atom. The molecule has 0 radical (unpaired) electrons. The van der Waals surface area contributed by atoms with Crippen LogP contribution in [0.4, 0.5) is 0 Å². The average Bonchev–Trinajstić information content (AvgIpc) is 3.18. The molecular formula is C16H24N2O2S. The van der Waals surface area contributed by atoms with Crippen LogP contribution in [0.1, 0.15) is 69.5 Å². The van der Waals surface area contributed by atoms with Gasteiger partial charge >= 0.3 is 0 Å². The Balaban J connectivity index is 1.45. The lowest BCUT2D eigenvalue weighted by Crippen LogP contribution is -2.13. The summed E-state index contributed by atoms with van der Waals surface area (Å²) in [5.41, 5.74) is 0. The average molecular weight is 308 g/mol. The number of ketones is 1. The van der Waals surface area contributed by atoms with Crippen LogP contribution >= 0.6 is 11.8 Å². The van der Waals surface area contributed by atoms with E-state index in [4.69, 9.17) is 4.52 Å². The first-order valence-electron chi connectivity index (χ1n) is 8.27. The number of rotatable bonds is 6. The monoisotopic (exact) mass is 308 g/mol. The van der Waals surface area contributed by atoms with E-state index < -0.39 is 0 Å². The summed E-state index contributed by atoms with van der Waals surface area (Å²) in [6.45, 7) is 0. The molecule has 5 heteroatoms. The molecule has 4 nitrogen and oxygen atoms in total. The molecule has 2 saturated carbocycles. The lowest BCUT2D eigenvalue weighted by Gasteiger charge is -2.19. The van der Waals surface area contributed by atoms with Gasteiger partial charge in [0.15, 0.2) is 5.82 Å². The highest BCUT2D eigenvalue weighted by molar-refractivity contribution is 7.99. The highest BCUT2D eigenvalue weighted by Crippen LogP contribution is 2.30. The number of Topliss-reactive ketones (excluding diaryl/α,β-unsaturated/α-hetero) is 1. The van der Waals surface area contributed by atoms with Crippen LogP contribution in [0.3, 0.4) is 0 Å². The number of aromatic nitrogens is 2. The number of carbonyl (C=O) groups is 1. The number of hydrogen-bond acceptors (Lipinski definition) is 5. The van der Waals surface area contributed by atoms with E-state index in [1.807, 2.05) is 11.8 Å². The van der Waals surface area contributed by atoms with E-state index in [0.29, 0.717) is 12.3 Å². The number of thioether (sulfide) groups is 1. The zero-order valence-corrected chi connectivity index (χ0v) is 13.4. The second kappa shape index (κ2) is 7.43. The topological polar surface area (TPSA) is 56.0 Å². The van der Waals surface area contributed by atoms with Crippen molar-refractivity contribution in [1.82, 2.24) is 10.1 Å². The Labute approximate surface area is 130 Å². The molecule has 0 aromatic carbocycles. The van der Waals surface area contributed by atoms with Gasteiger partial charge in [-0.15, -0.1) is 0 Å². The molecular weight excluding hydrogens is 284 g/mol. The zero-order chi connectivity index (χ0) is 14.5. The molecule has 0 N–H and O–H groups in total. The smallest absolute Gasteiger partial charge is 0.234 e. The number of hydrogen-bond donors (Lipinski definition) is 0. The summed E-state index contributed by atoms with van der Waals surface area (Å²) in [7, 11) is 0. The first-order chi connectivity index (χ1) is 10.3. The van der Waals surface area contributed by atoms with Gasteiger partial charge in [-0.3, -0.25) is 4.79 Å². The maximum Gasteiger partial charge on any atom is 0.234 e. The van der Waals surface area contributed by atoms with E-state index in [9.17, 15) is 4.79 Å². The van der Waals surface area contributed by atoms with Gasteiger partial charge < -0.3 is 4.52 Å². The molecule has 2 aliphatic rings. The van der Waals surface area contributed by atoms with Crippen LogP contribution in [0.25, 0.3) is 0 Å². The Morgan fingerprint density at radius 1 is 1.10 bits per heavy atom. The molecule has 21 heavy (non-hydrogen) atoms. The van der Waals surface area contributed by atoms with Gasteiger partial charge in [0.1, 0.15) is 5.78 Å². The predicted molar refractivity (Wildman–Crippen MR) is 83.1 cm³/mol. The van der Waals surface area contributed by atoms with Gasteiger partial charge in [0.2, 0.25) is 5.89 Å². The van der Waals surface area contributed by atoms with Crippen LogP contribution in [0.15, 0.2) is 4.52 Å². The summed E-state index contributed by atoms with van der Waals surface area (Å²) in [4.78, 5) is 16.5. The minimum atomic E-state index is 0.233. The van der Waals surface area contributed by atoms with Gasteiger partial charge in [-0.25, -0.2) is 0 Å². The van der Waals surface area contributed by atoms with Gasteiger partial charge in [0.25, 0.3) is 0 Å². The fraction of sp³-hybridized carbons (Fsp3) is 0.812. The summed E-state index contributed by atoms with van der Waals surface area (Å²) in [6.07, 6.45) is 11.5. The molecule has 1 aromatic rings. The highest BCUT2D eigenvalue weighted by atomic mass is 32.2. The van der Waals surface area contributed by atoms with Crippen LogP contribution in [-0.2, 0) is 17.0 Å². The number of carbonyl (C=O) groups excluding carboxylic acids is 1. The van der Waals surface area contributed by atoms with Crippen molar-refractivity contribution in [3.05, 3.63) is 11.7 Å². The summed E-state index contributed by atoms with van der Waals surface area (Å²) in [5, 5.41) is 4.77. The third-order valence-electron chi connectivity index (χ3n) is 4.65. The maximum absolute atomic E-state index is 12.1. The second-order valence-electron chi connectivity index (χ2n) is 6.30. The minimum absolute atomic E-state index is 0.233. The van der Waals surface area contributed by atoms with Crippen molar-refractivity contribution in [2.45, 2.75) is 75.2 Å². The van der Waals surface area contributed by atoms with Crippen molar-refractivity contribution in [3.8, 4) is 0 Å². The zero-order valence-electron chi connectivity index (χ0n) is 12.6. The van der Waals surface area contributed by atoms with Crippen molar-refractivity contribution in [2.24, 2.45) is 5.92 Å². The summed E-state index contributed by atoms with van der Waals surface area (Å²) >= 11 is 1.94. The van der Waals surface area contributed by atoms with Gasteiger partial charge in [-0.1, -0.05) is 37.3 Å². The fourth-order valence-electron chi connectivity index (χ4n) is 3.39.